The van der Waals surface area contributed by atoms with E-state index in [1.165, 1.54) is 18.5 Å². The summed E-state index contributed by atoms with van der Waals surface area (Å²) in [6.45, 7) is 1.90. The Bertz CT molecular complexity index is 1030. The molecule has 0 fully saturated rings. The maximum absolute atomic E-state index is 12.4. The molecule has 2 heterocycles. The first-order chi connectivity index (χ1) is 10.5. The van der Waals surface area contributed by atoms with Crippen LogP contribution in [0.4, 0.5) is 5.82 Å². The third-order valence-corrected chi connectivity index (χ3v) is 3.25. The quantitative estimate of drug-likeness (QED) is 0.562. The standard InChI is InChI=1S/C15H11N3O3S/c1-8-2-3-11-10(4-8)14(20)9(7-21-11)6-16-12-5-13(19)18-15(22)17-12/h2-7H,1H3,(H2,17,18,19,22). The Hall–Kier alpha value is -2.80. The highest BCUT2D eigenvalue weighted by Gasteiger charge is 2.05. The summed E-state index contributed by atoms with van der Waals surface area (Å²) in [7, 11) is 0. The van der Waals surface area contributed by atoms with Gasteiger partial charge >= 0.3 is 0 Å². The number of fused-ring (bicyclic) bond motifs is 1. The predicted molar refractivity (Wildman–Crippen MR) is 86.7 cm³/mol. The van der Waals surface area contributed by atoms with Crippen molar-refractivity contribution in [3.63, 3.8) is 0 Å². The van der Waals surface area contributed by atoms with Crippen LogP contribution in [0, 0.1) is 11.7 Å². The number of hydrogen-bond donors (Lipinski definition) is 2. The average Bonchev–Trinajstić information content (AvgIpc) is 2.46. The lowest BCUT2D eigenvalue weighted by molar-refractivity contribution is 0.601. The fourth-order valence-electron chi connectivity index (χ4n) is 2.01. The van der Waals surface area contributed by atoms with Gasteiger partial charge in [-0.1, -0.05) is 11.6 Å². The lowest BCUT2D eigenvalue weighted by Gasteiger charge is -1.99. The van der Waals surface area contributed by atoms with E-state index in [1.54, 1.807) is 12.1 Å². The maximum Gasteiger partial charge on any atom is 0.253 e. The normalized spacial score (nSPS) is 11.3. The van der Waals surface area contributed by atoms with Gasteiger partial charge < -0.3 is 9.40 Å². The SMILES string of the molecule is Cc1ccc2occ(C=Nc3cc(=O)[nH]c(=S)[nH]3)c(=O)c2c1. The number of H-pyrrole nitrogens is 2. The molecule has 0 amide bonds. The van der Waals surface area contributed by atoms with Gasteiger partial charge in [-0.2, -0.15) is 0 Å². The second-order valence-electron chi connectivity index (χ2n) is 4.75. The minimum Gasteiger partial charge on any atom is -0.463 e. The number of benzene rings is 1. The van der Waals surface area contributed by atoms with Gasteiger partial charge in [-0.25, -0.2) is 4.99 Å². The number of aliphatic imine (C=N–C) groups is 1. The van der Waals surface area contributed by atoms with E-state index in [0.29, 0.717) is 11.0 Å². The van der Waals surface area contributed by atoms with Gasteiger partial charge in [0.15, 0.2) is 4.77 Å². The number of nitrogens with zero attached hydrogens (tertiary/aromatic N) is 1. The van der Waals surface area contributed by atoms with Crippen molar-refractivity contribution in [2.24, 2.45) is 4.99 Å². The minimum absolute atomic E-state index is 0.167. The number of nitrogens with one attached hydrogen (secondary N) is 2. The lowest BCUT2D eigenvalue weighted by atomic mass is 10.1. The Labute approximate surface area is 129 Å². The van der Waals surface area contributed by atoms with E-state index in [4.69, 9.17) is 16.6 Å². The molecule has 3 aromatic rings. The van der Waals surface area contributed by atoms with Crippen molar-refractivity contribution in [1.82, 2.24) is 9.97 Å². The fourth-order valence-corrected chi connectivity index (χ4v) is 2.22. The molecule has 0 saturated carbocycles. The van der Waals surface area contributed by atoms with Crippen LogP contribution in [0.1, 0.15) is 11.1 Å². The summed E-state index contributed by atoms with van der Waals surface area (Å²) in [4.78, 5) is 32.9. The van der Waals surface area contributed by atoms with Crippen LogP contribution >= 0.6 is 12.2 Å². The summed E-state index contributed by atoms with van der Waals surface area (Å²) < 4.78 is 5.59. The molecule has 7 heteroatoms. The second kappa shape index (κ2) is 5.53. The highest BCUT2D eigenvalue weighted by molar-refractivity contribution is 7.71. The molecule has 1 aromatic carbocycles. The van der Waals surface area contributed by atoms with Gasteiger partial charge in [0.2, 0.25) is 5.43 Å². The molecule has 0 spiro atoms. The monoisotopic (exact) mass is 313 g/mol. The van der Waals surface area contributed by atoms with Gasteiger partial charge in [-0.15, -0.1) is 0 Å². The van der Waals surface area contributed by atoms with Gasteiger partial charge in [0, 0.05) is 12.3 Å². The lowest BCUT2D eigenvalue weighted by Crippen LogP contribution is -2.08. The Morgan fingerprint density at radius 3 is 2.82 bits per heavy atom. The van der Waals surface area contributed by atoms with Crippen LogP contribution in [0.5, 0.6) is 0 Å². The van der Waals surface area contributed by atoms with Crippen molar-refractivity contribution in [3.05, 3.63) is 67.0 Å². The molecular formula is C15H11N3O3S. The summed E-state index contributed by atoms with van der Waals surface area (Å²) in [6.07, 6.45) is 2.68. The number of aromatic nitrogens is 2. The molecule has 0 radical (unpaired) electrons. The first-order valence-corrected chi connectivity index (χ1v) is 6.83. The van der Waals surface area contributed by atoms with Gasteiger partial charge in [0.05, 0.1) is 10.9 Å². The van der Waals surface area contributed by atoms with Crippen molar-refractivity contribution in [2.45, 2.75) is 6.92 Å². The molecule has 2 N–H and O–H groups in total. The van der Waals surface area contributed by atoms with Crippen LogP contribution in [-0.2, 0) is 0 Å². The average molecular weight is 313 g/mol. The predicted octanol–water partition coefficient (Wildman–Crippen LogP) is 2.60. The van der Waals surface area contributed by atoms with E-state index in [-0.39, 0.29) is 27.1 Å². The fraction of sp³-hybridized carbons (Fsp3) is 0.0667. The molecule has 0 aliphatic heterocycles. The number of rotatable bonds is 2. The number of hydrogen-bond acceptors (Lipinski definition) is 5. The molecule has 0 unspecified atom stereocenters. The van der Waals surface area contributed by atoms with E-state index in [9.17, 15) is 9.59 Å². The Balaban J connectivity index is 2.09. The topological polar surface area (TPSA) is 91.2 Å². The van der Waals surface area contributed by atoms with E-state index >= 15 is 0 Å². The molecule has 0 saturated heterocycles. The summed E-state index contributed by atoms with van der Waals surface area (Å²) >= 11 is 4.86. The number of aryl methyl sites for hydroxylation is 1. The van der Waals surface area contributed by atoms with E-state index in [2.05, 4.69) is 15.0 Å². The Morgan fingerprint density at radius 1 is 1.23 bits per heavy atom. The number of aromatic amines is 2. The van der Waals surface area contributed by atoms with Crippen LogP contribution < -0.4 is 11.0 Å². The largest absolute Gasteiger partial charge is 0.463 e. The van der Waals surface area contributed by atoms with Crippen LogP contribution in [0.15, 0.2) is 49.5 Å². The van der Waals surface area contributed by atoms with Crippen molar-refractivity contribution < 1.29 is 4.42 Å². The smallest absolute Gasteiger partial charge is 0.253 e. The summed E-state index contributed by atoms with van der Waals surface area (Å²) in [5, 5.41) is 0.489. The first-order valence-electron chi connectivity index (χ1n) is 6.43. The van der Waals surface area contributed by atoms with Crippen molar-refractivity contribution in [2.75, 3.05) is 0 Å². The highest BCUT2D eigenvalue weighted by Crippen LogP contribution is 2.13. The van der Waals surface area contributed by atoms with E-state index in [1.807, 2.05) is 13.0 Å². The highest BCUT2D eigenvalue weighted by atomic mass is 32.1. The third-order valence-electron chi connectivity index (χ3n) is 3.04. The van der Waals surface area contributed by atoms with Crippen LogP contribution in [0.25, 0.3) is 11.0 Å². The molecule has 110 valence electrons. The van der Waals surface area contributed by atoms with Crippen molar-refractivity contribution in [1.29, 1.82) is 0 Å². The molecule has 22 heavy (non-hydrogen) atoms. The van der Waals surface area contributed by atoms with Crippen molar-refractivity contribution in [3.8, 4) is 0 Å². The minimum atomic E-state index is -0.364. The zero-order valence-electron chi connectivity index (χ0n) is 11.5. The van der Waals surface area contributed by atoms with Crippen LogP contribution in [-0.4, -0.2) is 16.2 Å². The van der Waals surface area contributed by atoms with Crippen LogP contribution in [0.2, 0.25) is 0 Å². The molecule has 2 aromatic heterocycles. The van der Waals surface area contributed by atoms with Gasteiger partial charge in [-0.05, 0) is 31.3 Å². The van der Waals surface area contributed by atoms with Crippen LogP contribution in [0.3, 0.4) is 0 Å². The summed E-state index contributed by atoms with van der Waals surface area (Å²) in [5.74, 6) is 0.262. The Kier molecular flexibility index (Phi) is 3.56. The van der Waals surface area contributed by atoms with E-state index in [0.717, 1.165) is 5.56 Å². The van der Waals surface area contributed by atoms with Gasteiger partial charge in [0.1, 0.15) is 17.7 Å². The molecule has 3 rings (SSSR count). The van der Waals surface area contributed by atoms with E-state index < -0.39 is 0 Å². The first kappa shape index (κ1) is 14.2. The molecule has 0 bridgehead atoms. The molecule has 0 atom stereocenters. The third kappa shape index (κ3) is 2.79. The second-order valence-corrected chi connectivity index (χ2v) is 5.16. The summed E-state index contributed by atoms with van der Waals surface area (Å²) in [5.41, 5.74) is 1.22. The van der Waals surface area contributed by atoms with Gasteiger partial charge in [0.25, 0.3) is 5.56 Å². The zero-order chi connectivity index (χ0) is 15.7. The Morgan fingerprint density at radius 2 is 2.05 bits per heavy atom. The molecular weight excluding hydrogens is 302 g/mol. The summed E-state index contributed by atoms with van der Waals surface area (Å²) in [6, 6.07) is 6.63. The zero-order valence-corrected chi connectivity index (χ0v) is 12.4. The molecule has 0 aliphatic carbocycles. The molecule has 6 nitrogen and oxygen atoms in total. The maximum atomic E-state index is 12.4. The molecule has 0 aliphatic rings. The van der Waals surface area contributed by atoms with Gasteiger partial charge in [-0.3, -0.25) is 14.6 Å². The van der Waals surface area contributed by atoms with Crippen molar-refractivity contribution >= 4 is 35.2 Å².